The summed E-state index contributed by atoms with van der Waals surface area (Å²) in [6, 6.07) is 8.72. The predicted octanol–water partition coefficient (Wildman–Crippen LogP) is 2.60. The molecule has 0 unspecified atom stereocenters. The normalized spacial score (nSPS) is 13.8. The van der Waals surface area contributed by atoms with Gasteiger partial charge in [0.2, 0.25) is 0 Å². The van der Waals surface area contributed by atoms with Crippen LogP contribution < -0.4 is 4.90 Å². The van der Waals surface area contributed by atoms with E-state index in [1.165, 1.54) is 17.0 Å². The fourth-order valence-electron chi connectivity index (χ4n) is 2.13. The summed E-state index contributed by atoms with van der Waals surface area (Å²) in [6.07, 6.45) is 0. The van der Waals surface area contributed by atoms with Crippen LogP contribution in [0.25, 0.3) is 0 Å². The molecule has 0 spiro atoms. The van der Waals surface area contributed by atoms with Crippen LogP contribution in [0, 0.1) is 5.82 Å². The van der Waals surface area contributed by atoms with E-state index in [4.69, 9.17) is 11.6 Å². The van der Waals surface area contributed by atoms with Crippen molar-refractivity contribution in [2.45, 2.75) is 6.54 Å². The maximum atomic E-state index is 13.2. The number of carbonyl (C=O) groups is 2. The lowest BCUT2D eigenvalue weighted by atomic mass is 10.1. The summed E-state index contributed by atoms with van der Waals surface area (Å²) in [5.41, 5.74) is 1.02. The number of carbonyl (C=O) groups excluding carboxylic acids is 2. The molecule has 0 saturated heterocycles. The average Bonchev–Trinajstić information content (AvgIpc) is 2.64. The van der Waals surface area contributed by atoms with Gasteiger partial charge in [0.25, 0.3) is 11.7 Å². The molecule has 0 atom stereocenters. The van der Waals surface area contributed by atoms with E-state index in [0.29, 0.717) is 16.5 Å². The molecule has 6 heteroatoms. The Kier molecular flexibility index (Phi) is 2.99. The molecular weight excluding hydrogens is 283 g/mol. The Labute approximate surface area is 118 Å². The van der Waals surface area contributed by atoms with Crippen LogP contribution in [0.1, 0.15) is 16.1 Å². The molecule has 0 N–H and O–H groups in total. The van der Waals surface area contributed by atoms with E-state index in [1.54, 1.807) is 18.2 Å². The van der Waals surface area contributed by atoms with E-state index in [9.17, 15) is 14.0 Å². The minimum Gasteiger partial charge on any atom is -0.299 e. The van der Waals surface area contributed by atoms with Crippen molar-refractivity contribution in [1.82, 2.24) is 4.98 Å². The zero-order valence-electron chi connectivity index (χ0n) is 10.1. The number of anilines is 1. The van der Waals surface area contributed by atoms with Crippen molar-refractivity contribution in [1.29, 1.82) is 0 Å². The van der Waals surface area contributed by atoms with E-state index < -0.39 is 17.5 Å². The number of pyridine rings is 1. The van der Waals surface area contributed by atoms with E-state index in [0.717, 1.165) is 6.07 Å². The third-order valence-corrected chi connectivity index (χ3v) is 3.24. The van der Waals surface area contributed by atoms with Crippen LogP contribution in [-0.2, 0) is 11.3 Å². The van der Waals surface area contributed by atoms with Gasteiger partial charge < -0.3 is 0 Å². The molecular formula is C14H8ClFN2O2. The average molecular weight is 291 g/mol. The summed E-state index contributed by atoms with van der Waals surface area (Å²) >= 11 is 5.79. The van der Waals surface area contributed by atoms with Crippen LogP contribution in [0.5, 0.6) is 0 Å². The molecule has 3 rings (SSSR count). The minimum atomic E-state index is -0.707. The first-order chi connectivity index (χ1) is 9.56. The largest absolute Gasteiger partial charge is 0.299 e. The van der Waals surface area contributed by atoms with Crippen molar-refractivity contribution in [2.75, 3.05) is 4.90 Å². The van der Waals surface area contributed by atoms with E-state index >= 15 is 0 Å². The lowest BCUT2D eigenvalue weighted by molar-refractivity contribution is -0.114. The first-order valence-electron chi connectivity index (χ1n) is 5.83. The summed E-state index contributed by atoms with van der Waals surface area (Å²) in [4.78, 5) is 29.1. The molecule has 1 aromatic heterocycles. The molecule has 4 nitrogen and oxygen atoms in total. The molecule has 0 bridgehead atoms. The highest BCUT2D eigenvalue weighted by Gasteiger charge is 2.36. The van der Waals surface area contributed by atoms with Gasteiger partial charge in [-0.25, -0.2) is 9.37 Å². The third-order valence-electron chi connectivity index (χ3n) is 3.03. The van der Waals surface area contributed by atoms with Gasteiger partial charge in [-0.05, 0) is 30.3 Å². The Morgan fingerprint density at radius 1 is 1.20 bits per heavy atom. The van der Waals surface area contributed by atoms with Crippen LogP contribution in [0.2, 0.25) is 5.15 Å². The Bertz CT molecular complexity index is 733. The molecule has 1 aliphatic rings. The molecule has 2 heterocycles. The molecule has 1 aliphatic heterocycles. The highest BCUT2D eigenvalue weighted by atomic mass is 35.5. The van der Waals surface area contributed by atoms with Crippen LogP contribution in [-0.4, -0.2) is 16.7 Å². The number of ketones is 1. The molecule has 0 fully saturated rings. The van der Waals surface area contributed by atoms with Gasteiger partial charge in [-0.1, -0.05) is 17.7 Å². The van der Waals surface area contributed by atoms with Crippen molar-refractivity contribution in [3.63, 3.8) is 0 Å². The maximum absolute atomic E-state index is 13.2. The molecule has 1 aromatic carbocycles. The van der Waals surface area contributed by atoms with Crippen LogP contribution in [0.4, 0.5) is 10.1 Å². The Morgan fingerprint density at radius 2 is 2.00 bits per heavy atom. The van der Waals surface area contributed by atoms with Crippen LogP contribution in [0.3, 0.4) is 0 Å². The number of hydrogen-bond donors (Lipinski definition) is 0. The number of halogens is 2. The Balaban J connectivity index is 1.99. The number of fused-ring (bicyclic) bond motifs is 1. The molecule has 2 aromatic rings. The molecule has 100 valence electrons. The Hall–Kier alpha value is -2.27. The van der Waals surface area contributed by atoms with Crippen molar-refractivity contribution in [3.8, 4) is 0 Å². The summed E-state index contributed by atoms with van der Waals surface area (Å²) < 4.78 is 13.2. The monoisotopic (exact) mass is 290 g/mol. The van der Waals surface area contributed by atoms with E-state index in [-0.39, 0.29) is 12.1 Å². The van der Waals surface area contributed by atoms with Crippen molar-refractivity contribution >= 4 is 29.0 Å². The second kappa shape index (κ2) is 4.68. The topological polar surface area (TPSA) is 50.3 Å². The number of aromatic nitrogens is 1. The number of hydrogen-bond acceptors (Lipinski definition) is 3. The lowest BCUT2D eigenvalue weighted by Crippen LogP contribution is -2.29. The number of benzene rings is 1. The summed E-state index contributed by atoms with van der Waals surface area (Å²) in [5, 5.41) is 0.305. The Morgan fingerprint density at radius 3 is 2.75 bits per heavy atom. The van der Waals surface area contributed by atoms with Crippen molar-refractivity contribution in [3.05, 3.63) is 58.6 Å². The highest BCUT2D eigenvalue weighted by molar-refractivity contribution is 6.52. The van der Waals surface area contributed by atoms with E-state index in [1.807, 2.05) is 0 Å². The van der Waals surface area contributed by atoms with Crippen LogP contribution >= 0.6 is 11.6 Å². The van der Waals surface area contributed by atoms with E-state index in [2.05, 4.69) is 4.98 Å². The SMILES string of the molecule is O=C1C(=O)N(Cc2cccc(Cl)n2)c2ccc(F)cc21. The fraction of sp³-hybridized carbons (Fsp3) is 0.0714. The molecule has 0 saturated carbocycles. The zero-order chi connectivity index (χ0) is 14.3. The standard InChI is InChI=1S/C14H8ClFN2O2/c15-12-3-1-2-9(17-12)7-18-11-5-4-8(16)6-10(11)13(19)14(18)20/h1-6H,7H2. The van der Waals surface area contributed by atoms with Crippen LogP contribution in [0.15, 0.2) is 36.4 Å². The lowest BCUT2D eigenvalue weighted by Gasteiger charge is -2.15. The first-order valence-corrected chi connectivity index (χ1v) is 6.21. The van der Waals surface area contributed by atoms with Gasteiger partial charge in [0.15, 0.2) is 0 Å². The molecule has 0 radical (unpaired) electrons. The number of amides is 1. The minimum absolute atomic E-state index is 0.0806. The van der Waals surface area contributed by atoms with Gasteiger partial charge in [-0.2, -0.15) is 0 Å². The smallest absolute Gasteiger partial charge is 0.299 e. The highest BCUT2D eigenvalue weighted by Crippen LogP contribution is 2.30. The summed E-state index contributed by atoms with van der Waals surface area (Å²) in [5.74, 6) is -1.94. The fourth-order valence-corrected chi connectivity index (χ4v) is 2.31. The molecule has 0 aliphatic carbocycles. The maximum Gasteiger partial charge on any atom is 0.299 e. The number of Topliss-reactive ketones (excluding diaryl/α,β-unsaturated/α-hetero) is 1. The van der Waals surface area contributed by atoms with Gasteiger partial charge in [-0.15, -0.1) is 0 Å². The zero-order valence-corrected chi connectivity index (χ0v) is 10.9. The summed E-state index contributed by atoms with van der Waals surface area (Å²) in [6.45, 7) is 0.115. The molecule has 20 heavy (non-hydrogen) atoms. The number of rotatable bonds is 2. The van der Waals surface area contributed by atoms with Crippen molar-refractivity contribution < 1.29 is 14.0 Å². The second-order valence-electron chi connectivity index (χ2n) is 4.33. The van der Waals surface area contributed by atoms with Gasteiger partial charge in [0, 0.05) is 0 Å². The van der Waals surface area contributed by atoms with Gasteiger partial charge in [0.05, 0.1) is 23.5 Å². The third kappa shape index (κ3) is 2.06. The van der Waals surface area contributed by atoms with Crippen molar-refractivity contribution in [2.24, 2.45) is 0 Å². The molecule has 1 amide bonds. The van der Waals surface area contributed by atoms with Gasteiger partial charge >= 0.3 is 0 Å². The predicted molar refractivity (Wildman–Crippen MR) is 71.2 cm³/mol. The van der Waals surface area contributed by atoms with Gasteiger partial charge in [-0.3, -0.25) is 14.5 Å². The quantitative estimate of drug-likeness (QED) is 0.631. The number of nitrogens with zero attached hydrogens (tertiary/aromatic N) is 2. The summed E-state index contributed by atoms with van der Waals surface area (Å²) in [7, 11) is 0. The second-order valence-corrected chi connectivity index (χ2v) is 4.72. The van der Waals surface area contributed by atoms with Gasteiger partial charge in [0.1, 0.15) is 11.0 Å². The first kappa shape index (κ1) is 12.7.